The second-order valence-corrected chi connectivity index (χ2v) is 9.21. The smallest absolute Gasteiger partial charge is 0.374 e. The van der Waals surface area contributed by atoms with E-state index in [1.165, 1.54) is 22.0 Å². The van der Waals surface area contributed by atoms with Gasteiger partial charge in [-0.15, -0.1) is 0 Å². The molecule has 1 aromatic carbocycles. The summed E-state index contributed by atoms with van der Waals surface area (Å²) in [5.74, 6) is -1.09. The molecular formula is C21H24N2O6S. The van der Waals surface area contributed by atoms with Gasteiger partial charge in [-0.1, -0.05) is 24.3 Å². The summed E-state index contributed by atoms with van der Waals surface area (Å²) < 4.78 is 37.6. The van der Waals surface area contributed by atoms with Crippen molar-refractivity contribution in [2.45, 2.75) is 43.9 Å². The second kappa shape index (κ2) is 8.23. The largest absolute Gasteiger partial charge is 0.460 e. The average Bonchev–Trinajstić information content (AvgIpc) is 3.43. The zero-order valence-electron chi connectivity index (χ0n) is 16.7. The van der Waals surface area contributed by atoms with E-state index < -0.39 is 22.0 Å². The van der Waals surface area contributed by atoms with Crippen molar-refractivity contribution in [1.82, 2.24) is 9.21 Å². The van der Waals surface area contributed by atoms with Gasteiger partial charge in [0.15, 0.2) is 0 Å². The maximum atomic E-state index is 13.2. The van der Waals surface area contributed by atoms with Gasteiger partial charge in [-0.2, -0.15) is 4.31 Å². The Balaban J connectivity index is 1.53. The number of ether oxygens (including phenoxy) is 1. The fraction of sp³-hybridized carbons (Fsp3) is 0.429. The van der Waals surface area contributed by atoms with Gasteiger partial charge in [-0.25, -0.2) is 13.2 Å². The van der Waals surface area contributed by atoms with Crippen molar-refractivity contribution in [3.63, 3.8) is 0 Å². The molecule has 1 atom stereocenters. The molecule has 0 N–H and O–H groups in total. The molecule has 1 fully saturated rings. The van der Waals surface area contributed by atoms with Crippen molar-refractivity contribution >= 4 is 21.9 Å². The van der Waals surface area contributed by atoms with E-state index in [1.807, 2.05) is 18.2 Å². The summed E-state index contributed by atoms with van der Waals surface area (Å²) in [7, 11) is -4.05. The summed E-state index contributed by atoms with van der Waals surface area (Å²) in [4.78, 5) is 26.7. The van der Waals surface area contributed by atoms with E-state index in [0.29, 0.717) is 25.9 Å². The van der Waals surface area contributed by atoms with E-state index >= 15 is 0 Å². The average molecular weight is 432 g/mol. The first-order valence-corrected chi connectivity index (χ1v) is 11.5. The van der Waals surface area contributed by atoms with Crippen molar-refractivity contribution in [3.05, 3.63) is 53.3 Å². The number of hydrogen-bond donors (Lipinski definition) is 0. The Kier molecular flexibility index (Phi) is 5.66. The Hall–Kier alpha value is -2.65. The molecule has 160 valence electrons. The van der Waals surface area contributed by atoms with Crippen LogP contribution in [-0.4, -0.2) is 55.2 Å². The van der Waals surface area contributed by atoms with Gasteiger partial charge < -0.3 is 14.1 Å². The highest BCUT2D eigenvalue weighted by Gasteiger charge is 2.43. The number of rotatable bonds is 5. The minimum absolute atomic E-state index is 0.156. The predicted octanol–water partition coefficient (Wildman–Crippen LogP) is 2.19. The van der Waals surface area contributed by atoms with Crippen LogP contribution in [0.2, 0.25) is 0 Å². The lowest BCUT2D eigenvalue weighted by molar-refractivity contribution is -0.135. The van der Waals surface area contributed by atoms with Crippen LogP contribution in [0, 0.1) is 0 Å². The molecule has 0 aliphatic carbocycles. The SMILES string of the molecule is CCOC(=O)c1ccc(S(=O)(=O)N2CCC[C@@H]2C(=O)N2CCc3ccccc3C2)o1. The van der Waals surface area contributed by atoms with Crippen LogP contribution in [-0.2, 0) is 32.5 Å². The third-order valence-corrected chi connectivity index (χ3v) is 7.33. The lowest BCUT2D eigenvalue weighted by Gasteiger charge is -2.33. The Morgan fingerprint density at radius 3 is 2.67 bits per heavy atom. The van der Waals surface area contributed by atoms with Crippen molar-refractivity contribution in [1.29, 1.82) is 0 Å². The highest BCUT2D eigenvalue weighted by atomic mass is 32.2. The fourth-order valence-electron chi connectivity index (χ4n) is 4.06. The Labute approximate surface area is 175 Å². The first-order chi connectivity index (χ1) is 14.4. The molecule has 9 heteroatoms. The van der Waals surface area contributed by atoms with Crippen molar-refractivity contribution < 1.29 is 27.2 Å². The van der Waals surface area contributed by atoms with Gasteiger partial charge in [0.1, 0.15) is 6.04 Å². The molecule has 1 saturated heterocycles. The van der Waals surface area contributed by atoms with Gasteiger partial charge >= 0.3 is 5.97 Å². The second-order valence-electron chi connectivity index (χ2n) is 7.39. The van der Waals surface area contributed by atoms with E-state index in [-0.39, 0.29) is 29.9 Å². The molecule has 8 nitrogen and oxygen atoms in total. The van der Waals surface area contributed by atoms with Crippen LogP contribution in [0.4, 0.5) is 0 Å². The van der Waals surface area contributed by atoms with E-state index in [2.05, 4.69) is 6.07 Å². The van der Waals surface area contributed by atoms with Crippen LogP contribution in [0.15, 0.2) is 45.9 Å². The molecule has 2 aliphatic heterocycles. The van der Waals surface area contributed by atoms with Gasteiger partial charge in [0, 0.05) is 19.6 Å². The molecule has 2 aromatic rings. The number of hydrogen-bond acceptors (Lipinski definition) is 6. The maximum absolute atomic E-state index is 13.2. The highest BCUT2D eigenvalue weighted by Crippen LogP contribution is 2.30. The molecule has 0 unspecified atom stereocenters. The summed E-state index contributed by atoms with van der Waals surface area (Å²) in [5, 5.41) is -0.353. The summed E-state index contributed by atoms with van der Waals surface area (Å²) >= 11 is 0. The third kappa shape index (κ3) is 3.75. The molecule has 1 aromatic heterocycles. The maximum Gasteiger partial charge on any atom is 0.374 e. The van der Waals surface area contributed by atoms with Gasteiger partial charge in [0.05, 0.1) is 6.61 Å². The number of carbonyl (C=O) groups is 2. The van der Waals surface area contributed by atoms with E-state index in [0.717, 1.165) is 12.0 Å². The minimum atomic E-state index is -4.05. The molecule has 0 bridgehead atoms. The minimum Gasteiger partial charge on any atom is -0.460 e. The van der Waals surface area contributed by atoms with Gasteiger partial charge in [0.25, 0.3) is 10.0 Å². The zero-order valence-corrected chi connectivity index (χ0v) is 17.6. The molecule has 3 heterocycles. The lowest BCUT2D eigenvalue weighted by Crippen LogP contribution is -2.48. The molecule has 30 heavy (non-hydrogen) atoms. The monoisotopic (exact) mass is 432 g/mol. The molecule has 2 aliphatic rings. The lowest BCUT2D eigenvalue weighted by atomic mass is 9.99. The van der Waals surface area contributed by atoms with Gasteiger partial charge in [-0.05, 0) is 49.4 Å². The number of benzene rings is 1. The number of sulfonamides is 1. The van der Waals surface area contributed by atoms with Gasteiger partial charge in [0.2, 0.25) is 16.8 Å². The Morgan fingerprint density at radius 2 is 1.90 bits per heavy atom. The van der Waals surface area contributed by atoms with Crippen LogP contribution in [0.3, 0.4) is 0 Å². The molecular weight excluding hydrogens is 408 g/mol. The summed E-state index contributed by atoms with van der Waals surface area (Å²) in [5.41, 5.74) is 2.31. The standard InChI is InChI=1S/C21H24N2O6S/c1-2-28-21(25)18-9-10-19(29-18)30(26,27)23-12-5-8-17(23)20(24)22-13-11-15-6-3-4-7-16(15)14-22/h3-4,6-7,9-10,17H,2,5,8,11-14H2,1H3/t17-/m1/s1. The molecule has 0 spiro atoms. The summed E-state index contributed by atoms with van der Waals surface area (Å²) in [6.07, 6.45) is 1.80. The first kappa shape index (κ1) is 20.6. The third-order valence-electron chi connectivity index (χ3n) is 5.55. The summed E-state index contributed by atoms with van der Waals surface area (Å²) in [6.45, 7) is 3.08. The fourth-order valence-corrected chi connectivity index (χ4v) is 5.62. The van der Waals surface area contributed by atoms with E-state index in [4.69, 9.17) is 9.15 Å². The Morgan fingerprint density at radius 1 is 1.13 bits per heavy atom. The number of amides is 1. The number of esters is 1. The molecule has 0 radical (unpaired) electrons. The quantitative estimate of drug-likeness (QED) is 0.672. The Bertz CT molecular complexity index is 1060. The van der Waals surface area contributed by atoms with Crippen LogP contribution in [0.25, 0.3) is 0 Å². The van der Waals surface area contributed by atoms with Crippen molar-refractivity contribution in [2.24, 2.45) is 0 Å². The molecule has 0 saturated carbocycles. The molecule has 4 rings (SSSR count). The van der Waals surface area contributed by atoms with E-state index in [9.17, 15) is 18.0 Å². The van der Waals surface area contributed by atoms with Crippen LogP contribution in [0.1, 0.15) is 41.4 Å². The highest BCUT2D eigenvalue weighted by molar-refractivity contribution is 7.89. The first-order valence-electron chi connectivity index (χ1n) is 10.1. The number of nitrogens with zero attached hydrogens (tertiary/aromatic N) is 2. The molecule has 1 amide bonds. The number of furan rings is 1. The number of carbonyl (C=O) groups excluding carboxylic acids is 2. The zero-order chi connectivity index (χ0) is 21.3. The van der Waals surface area contributed by atoms with Crippen LogP contribution in [0.5, 0.6) is 0 Å². The predicted molar refractivity (Wildman–Crippen MR) is 107 cm³/mol. The van der Waals surface area contributed by atoms with Crippen molar-refractivity contribution in [3.8, 4) is 0 Å². The van der Waals surface area contributed by atoms with Crippen LogP contribution >= 0.6 is 0 Å². The van der Waals surface area contributed by atoms with Gasteiger partial charge in [-0.3, -0.25) is 4.79 Å². The topological polar surface area (TPSA) is 97.1 Å². The van der Waals surface area contributed by atoms with Crippen LogP contribution < -0.4 is 0 Å². The van der Waals surface area contributed by atoms with E-state index in [1.54, 1.807) is 11.8 Å². The normalized spacial score (nSPS) is 19.5. The van der Waals surface area contributed by atoms with Crippen molar-refractivity contribution in [2.75, 3.05) is 19.7 Å². The summed E-state index contributed by atoms with van der Waals surface area (Å²) in [6, 6.07) is 9.72. The number of fused-ring (bicyclic) bond motifs is 1.